The lowest BCUT2D eigenvalue weighted by molar-refractivity contribution is -0.132. The van der Waals surface area contributed by atoms with Gasteiger partial charge in [0.15, 0.2) is 5.78 Å². The van der Waals surface area contributed by atoms with E-state index in [1.54, 1.807) is 24.3 Å². The van der Waals surface area contributed by atoms with Crippen molar-refractivity contribution in [3.8, 4) is 5.75 Å². The van der Waals surface area contributed by atoms with E-state index in [0.29, 0.717) is 17.0 Å². The number of aryl methyl sites for hydroxylation is 2. The van der Waals surface area contributed by atoms with Crippen LogP contribution < -0.4 is 15.4 Å². The predicted molar refractivity (Wildman–Crippen MR) is 147 cm³/mol. The summed E-state index contributed by atoms with van der Waals surface area (Å²) in [5.74, 6) is 0.0318. The number of anilines is 2. The third-order valence-corrected chi connectivity index (χ3v) is 6.58. The second-order valence-electron chi connectivity index (χ2n) is 9.42. The van der Waals surface area contributed by atoms with Crippen LogP contribution in [-0.2, 0) is 16.0 Å². The Morgan fingerprint density at radius 3 is 2.16 bits per heavy atom. The van der Waals surface area contributed by atoms with Crippen LogP contribution in [-0.4, -0.2) is 49.1 Å². The first-order valence-corrected chi connectivity index (χ1v) is 12.7. The number of hydrogen-bond donors (Lipinski definition) is 2. The second kappa shape index (κ2) is 12.4. The van der Waals surface area contributed by atoms with E-state index in [1.807, 2.05) is 56.3 Å². The van der Waals surface area contributed by atoms with E-state index in [1.165, 1.54) is 7.11 Å². The molecule has 2 amide bonds. The van der Waals surface area contributed by atoms with Gasteiger partial charge in [-0.05, 0) is 79.8 Å². The molecule has 1 heterocycles. The zero-order chi connectivity index (χ0) is 27.1. The van der Waals surface area contributed by atoms with Crippen molar-refractivity contribution >= 4 is 29.2 Å². The van der Waals surface area contributed by atoms with Crippen LogP contribution >= 0.6 is 0 Å². The molecule has 4 rings (SSSR count). The molecular formula is C30H33N3O5. The highest BCUT2D eigenvalue weighted by Gasteiger charge is 2.30. The van der Waals surface area contributed by atoms with E-state index in [-0.39, 0.29) is 18.2 Å². The summed E-state index contributed by atoms with van der Waals surface area (Å²) >= 11 is 0. The minimum Gasteiger partial charge on any atom is -0.468 e. The molecule has 8 nitrogen and oxygen atoms in total. The molecule has 0 spiro atoms. The molecule has 0 aromatic heterocycles. The van der Waals surface area contributed by atoms with Crippen molar-refractivity contribution in [2.24, 2.45) is 0 Å². The Balaban J connectivity index is 1.42. The van der Waals surface area contributed by atoms with Crippen molar-refractivity contribution < 1.29 is 23.9 Å². The summed E-state index contributed by atoms with van der Waals surface area (Å²) in [6.07, 6.45) is 1.49. The molecule has 3 aromatic carbocycles. The van der Waals surface area contributed by atoms with Crippen LogP contribution in [0.1, 0.15) is 39.9 Å². The number of ether oxygens (including phenoxy) is 2. The highest BCUT2D eigenvalue weighted by molar-refractivity contribution is 6.00. The SMILES string of the molecule is COC(=O)c1ccc(OC(C(=O)Cc2ccc(NC(=O)Nc3ccccc3C)c(C)c2)N2CCCC2)cc1. The lowest BCUT2D eigenvalue weighted by atomic mass is 10.0. The Labute approximate surface area is 222 Å². The molecule has 1 atom stereocenters. The van der Waals surface area contributed by atoms with Gasteiger partial charge >= 0.3 is 12.0 Å². The van der Waals surface area contributed by atoms with Crippen LogP contribution in [0, 0.1) is 13.8 Å². The number of methoxy groups -OCH3 is 1. The quantitative estimate of drug-likeness (QED) is 0.373. The number of carbonyl (C=O) groups excluding carboxylic acids is 3. The number of likely N-dealkylation sites (tertiary alicyclic amines) is 1. The fourth-order valence-corrected chi connectivity index (χ4v) is 4.49. The van der Waals surface area contributed by atoms with Crippen LogP contribution in [0.3, 0.4) is 0 Å². The van der Waals surface area contributed by atoms with Gasteiger partial charge in [0, 0.05) is 30.9 Å². The van der Waals surface area contributed by atoms with Crippen LogP contribution in [0.15, 0.2) is 66.7 Å². The average molecular weight is 516 g/mol. The Morgan fingerprint density at radius 2 is 1.53 bits per heavy atom. The Kier molecular flexibility index (Phi) is 8.76. The molecule has 1 fully saturated rings. The van der Waals surface area contributed by atoms with Gasteiger partial charge in [-0.15, -0.1) is 0 Å². The molecule has 1 aliphatic rings. The third-order valence-electron chi connectivity index (χ3n) is 6.58. The zero-order valence-corrected chi connectivity index (χ0v) is 22.0. The van der Waals surface area contributed by atoms with Gasteiger partial charge in [-0.25, -0.2) is 9.59 Å². The minimum atomic E-state index is -0.723. The van der Waals surface area contributed by atoms with Gasteiger partial charge in [0.25, 0.3) is 0 Å². The Bertz CT molecular complexity index is 1300. The number of nitrogens with one attached hydrogen (secondary N) is 2. The molecule has 0 aliphatic carbocycles. The summed E-state index contributed by atoms with van der Waals surface area (Å²) in [4.78, 5) is 39.7. The summed E-state index contributed by atoms with van der Waals surface area (Å²) in [5, 5.41) is 5.75. The first-order valence-electron chi connectivity index (χ1n) is 12.7. The summed E-state index contributed by atoms with van der Waals surface area (Å²) in [7, 11) is 1.33. The maximum Gasteiger partial charge on any atom is 0.337 e. The summed E-state index contributed by atoms with van der Waals surface area (Å²) in [6, 6.07) is 19.4. The lowest BCUT2D eigenvalue weighted by Crippen LogP contribution is -2.44. The van der Waals surface area contributed by atoms with E-state index in [4.69, 9.17) is 9.47 Å². The number of nitrogens with zero attached hydrogens (tertiary/aromatic N) is 1. The highest BCUT2D eigenvalue weighted by Crippen LogP contribution is 2.23. The molecule has 198 valence electrons. The standard InChI is InChI=1S/C30H33N3O5/c1-20-8-4-5-9-25(20)31-30(36)32-26-15-10-22(18-21(26)2)19-27(34)28(33-16-6-7-17-33)38-24-13-11-23(12-14-24)29(35)37-3/h4-5,8-15,18,28H,6-7,16-17,19H2,1-3H3,(H2,31,32,36). The summed E-state index contributed by atoms with van der Waals surface area (Å²) in [5.41, 5.74) is 4.50. The monoisotopic (exact) mass is 515 g/mol. The van der Waals surface area contributed by atoms with Crippen molar-refractivity contribution in [3.63, 3.8) is 0 Å². The van der Waals surface area contributed by atoms with Gasteiger partial charge in [0.2, 0.25) is 6.23 Å². The maximum atomic E-state index is 13.4. The van der Waals surface area contributed by atoms with Gasteiger partial charge in [0.05, 0.1) is 12.7 Å². The molecule has 1 saturated heterocycles. The predicted octanol–water partition coefficient (Wildman–Crippen LogP) is 5.35. The summed E-state index contributed by atoms with van der Waals surface area (Å²) < 4.78 is 10.9. The molecule has 0 saturated carbocycles. The van der Waals surface area contributed by atoms with Gasteiger partial charge in [-0.3, -0.25) is 9.69 Å². The maximum absolute atomic E-state index is 13.4. The zero-order valence-electron chi connectivity index (χ0n) is 22.0. The topological polar surface area (TPSA) is 97.0 Å². The number of rotatable bonds is 9. The van der Waals surface area contributed by atoms with Crippen molar-refractivity contribution in [2.45, 2.75) is 39.3 Å². The molecule has 8 heteroatoms. The number of amides is 2. The van der Waals surface area contributed by atoms with Gasteiger partial charge in [-0.1, -0.05) is 30.3 Å². The molecular weight excluding hydrogens is 482 g/mol. The van der Waals surface area contributed by atoms with Gasteiger partial charge in [-0.2, -0.15) is 0 Å². The Hall–Kier alpha value is -4.17. The Morgan fingerprint density at radius 1 is 0.868 bits per heavy atom. The first-order chi connectivity index (χ1) is 18.3. The molecule has 1 aliphatic heterocycles. The van der Waals surface area contributed by atoms with E-state index < -0.39 is 12.2 Å². The molecule has 0 radical (unpaired) electrons. The number of urea groups is 1. The molecule has 2 N–H and O–H groups in total. The number of benzene rings is 3. The lowest BCUT2D eigenvalue weighted by Gasteiger charge is -2.27. The highest BCUT2D eigenvalue weighted by atomic mass is 16.5. The number of Topliss-reactive ketones (excluding diaryl/α,β-unsaturated/α-hetero) is 1. The molecule has 0 bridgehead atoms. The molecule has 1 unspecified atom stereocenters. The first kappa shape index (κ1) is 26.9. The van der Waals surface area contributed by atoms with E-state index in [0.717, 1.165) is 48.3 Å². The normalized spacial score (nSPS) is 14.0. The van der Waals surface area contributed by atoms with E-state index in [9.17, 15) is 14.4 Å². The van der Waals surface area contributed by atoms with Crippen molar-refractivity contribution in [1.82, 2.24) is 4.90 Å². The van der Waals surface area contributed by atoms with E-state index >= 15 is 0 Å². The number of para-hydroxylation sites is 1. The van der Waals surface area contributed by atoms with Crippen molar-refractivity contribution in [3.05, 3.63) is 89.0 Å². The van der Waals surface area contributed by atoms with Crippen LogP contribution in [0.2, 0.25) is 0 Å². The number of carbonyl (C=O) groups is 3. The fraction of sp³-hybridized carbons (Fsp3) is 0.300. The number of esters is 1. The number of hydrogen-bond acceptors (Lipinski definition) is 6. The largest absolute Gasteiger partial charge is 0.468 e. The minimum absolute atomic E-state index is 0.0543. The van der Waals surface area contributed by atoms with Crippen LogP contribution in [0.5, 0.6) is 5.75 Å². The van der Waals surface area contributed by atoms with Crippen molar-refractivity contribution in [1.29, 1.82) is 0 Å². The van der Waals surface area contributed by atoms with E-state index in [2.05, 4.69) is 15.5 Å². The second-order valence-corrected chi connectivity index (χ2v) is 9.42. The van der Waals surface area contributed by atoms with Gasteiger partial charge < -0.3 is 20.1 Å². The fourth-order valence-electron chi connectivity index (χ4n) is 4.49. The average Bonchev–Trinajstić information content (AvgIpc) is 3.45. The van der Waals surface area contributed by atoms with Crippen molar-refractivity contribution in [2.75, 3.05) is 30.8 Å². The molecule has 38 heavy (non-hydrogen) atoms. The van der Waals surface area contributed by atoms with Crippen LogP contribution in [0.25, 0.3) is 0 Å². The summed E-state index contributed by atoms with van der Waals surface area (Å²) in [6.45, 7) is 5.40. The van der Waals surface area contributed by atoms with Crippen LogP contribution in [0.4, 0.5) is 16.2 Å². The number of ketones is 1. The third kappa shape index (κ3) is 6.77. The smallest absolute Gasteiger partial charge is 0.337 e. The molecule has 3 aromatic rings. The van der Waals surface area contributed by atoms with Gasteiger partial charge in [0.1, 0.15) is 5.75 Å².